The Morgan fingerprint density at radius 2 is 2.05 bits per heavy atom. The highest BCUT2D eigenvalue weighted by Crippen LogP contribution is 2.13. The van der Waals surface area contributed by atoms with Crippen molar-refractivity contribution >= 4 is 11.8 Å². The standard InChI is InChI=1S/C13H18N4O2/c18-12(10-15-4-1-2-5-15)17-8-7-16-6-3-14-13(19)11(16)9-17/h1-2,4-5,11H,3,6-10H2,(H,14,19)/t11-/m1/s1. The van der Waals surface area contributed by atoms with Crippen LogP contribution in [0.4, 0.5) is 0 Å². The van der Waals surface area contributed by atoms with Gasteiger partial charge in [0.05, 0.1) is 0 Å². The molecule has 0 unspecified atom stereocenters. The number of nitrogens with one attached hydrogen (secondary N) is 1. The minimum atomic E-state index is -0.170. The Bertz CT molecular complexity index is 471. The second kappa shape index (κ2) is 5.05. The molecule has 1 N–H and O–H groups in total. The smallest absolute Gasteiger partial charge is 0.242 e. The Hall–Kier alpha value is -1.82. The van der Waals surface area contributed by atoms with Crippen LogP contribution in [-0.4, -0.2) is 64.9 Å². The molecule has 1 atom stereocenters. The molecule has 2 saturated heterocycles. The average molecular weight is 262 g/mol. The zero-order chi connectivity index (χ0) is 13.2. The third-order valence-corrected chi connectivity index (χ3v) is 3.83. The van der Waals surface area contributed by atoms with E-state index in [1.807, 2.05) is 29.1 Å². The number of hydrogen-bond acceptors (Lipinski definition) is 3. The lowest BCUT2D eigenvalue weighted by atomic mass is 10.1. The number of rotatable bonds is 2. The van der Waals surface area contributed by atoms with Crippen LogP contribution < -0.4 is 5.32 Å². The van der Waals surface area contributed by atoms with Crippen LogP contribution in [0.2, 0.25) is 0 Å². The van der Waals surface area contributed by atoms with Crippen LogP contribution >= 0.6 is 0 Å². The van der Waals surface area contributed by atoms with Gasteiger partial charge in [0.15, 0.2) is 0 Å². The van der Waals surface area contributed by atoms with Crippen molar-refractivity contribution in [2.45, 2.75) is 12.6 Å². The van der Waals surface area contributed by atoms with E-state index in [1.165, 1.54) is 0 Å². The Balaban J connectivity index is 1.63. The number of carbonyl (C=O) groups excluding carboxylic acids is 2. The molecule has 0 aromatic carbocycles. The maximum absolute atomic E-state index is 12.2. The van der Waals surface area contributed by atoms with Crippen LogP contribution in [0, 0.1) is 0 Å². The molecule has 1 aromatic rings. The first-order valence-electron chi connectivity index (χ1n) is 6.64. The SMILES string of the molecule is O=C1NCCN2CCN(C(=O)Cn3cccc3)C[C@H]12. The monoisotopic (exact) mass is 262 g/mol. The fourth-order valence-corrected chi connectivity index (χ4v) is 2.74. The summed E-state index contributed by atoms with van der Waals surface area (Å²) in [6, 6.07) is 3.63. The highest BCUT2D eigenvalue weighted by atomic mass is 16.2. The van der Waals surface area contributed by atoms with Crippen molar-refractivity contribution < 1.29 is 9.59 Å². The molecule has 3 rings (SSSR count). The molecule has 2 aliphatic heterocycles. The van der Waals surface area contributed by atoms with Crippen LogP contribution in [0.1, 0.15) is 0 Å². The maximum atomic E-state index is 12.2. The van der Waals surface area contributed by atoms with Gasteiger partial charge in [-0.3, -0.25) is 14.5 Å². The van der Waals surface area contributed by atoms with Crippen molar-refractivity contribution in [2.24, 2.45) is 0 Å². The van der Waals surface area contributed by atoms with Crippen LogP contribution in [-0.2, 0) is 16.1 Å². The second-order valence-corrected chi connectivity index (χ2v) is 5.04. The fraction of sp³-hybridized carbons (Fsp3) is 0.538. The summed E-state index contributed by atoms with van der Waals surface area (Å²) in [5, 5.41) is 2.86. The Labute approximate surface area is 112 Å². The lowest BCUT2D eigenvalue weighted by molar-refractivity contribution is -0.140. The largest absolute Gasteiger partial charge is 0.353 e. The van der Waals surface area contributed by atoms with E-state index in [0.29, 0.717) is 26.2 Å². The lowest BCUT2D eigenvalue weighted by Gasteiger charge is -2.43. The maximum Gasteiger partial charge on any atom is 0.242 e. The third kappa shape index (κ3) is 2.49. The molecule has 0 aliphatic carbocycles. The minimum Gasteiger partial charge on any atom is -0.353 e. The quantitative estimate of drug-likeness (QED) is 0.754. The molecule has 0 spiro atoms. The summed E-state index contributed by atoms with van der Waals surface area (Å²) in [6.07, 6.45) is 3.75. The third-order valence-electron chi connectivity index (χ3n) is 3.83. The molecule has 2 aliphatic rings. The zero-order valence-corrected chi connectivity index (χ0v) is 10.8. The Morgan fingerprint density at radius 3 is 2.84 bits per heavy atom. The predicted molar refractivity (Wildman–Crippen MR) is 69.4 cm³/mol. The van der Waals surface area contributed by atoms with Gasteiger partial charge in [-0.2, -0.15) is 0 Å². The highest BCUT2D eigenvalue weighted by molar-refractivity contribution is 5.84. The summed E-state index contributed by atoms with van der Waals surface area (Å²) >= 11 is 0. The van der Waals surface area contributed by atoms with Crippen molar-refractivity contribution in [1.82, 2.24) is 19.7 Å². The van der Waals surface area contributed by atoms with Gasteiger partial charge < -0.3 is 14.8 Å². The number of amides is 2. The molecule has 102 valence electrons. The summed E-state index contributed by atoms with van der Waals surface area (Å²) in [7, 11) is 0. The highest BCUT2D eigenvalue weighted by Gasteiger charge is 2.36. The van der Waals surface area contributed by atoms with E-state index in [0.717, 1.165) is 13.1 Å². The molecule has 0 bridgehead atoms. The van der Waals surface area contributed by atoms with Gasteiger partial charge in [-0.15, -0.1) is 0 Å². The number of hydrogen-bond donors (Lipinski definition) is 1. The second-order valence-electron chi connectivity index (χ2n) is 5.04. The topological polar surface area (TPSA) is 57.6 Å². The summed E-state index contributed by atoms with van der Waals surface area (Å²) in [4.78, 5) is 28.0. The number of piperazine rings is 2. The zero-order valence-electron chi connectivity index (χ0n) is 10.8. The van der Waals surface area contributed by atoms with Gasteiger partial charge in [0.25, 0.3) is 0 Å². The van der Waals surface area contributed by atoms with Gasteiger partial charge in [0, 0.05) is 45.1 Å². The van der Waals surface area contributed by atoms with Gasteiger partial charge in [-0.25, -0.2) is 0 Å². The van der Waals surface area contributed by atoms with Gasteiger partial charge in [-0.1, -0.05) is 0 Å². The van der Waals surface area contributed by atoms with Crippen molar-refractivity contribution in [3.63, 3.8) is 0 Å². The predicted octanol–water partition coefficient (Wildman–Crippen LogP) is -0.869. The van der Waals surface area contributed by atoms with E-state index in [2.05, 4.69) is 10.2 Å². The van der Waals surface area contributed by atoms with Crippen LogP contribution in [0.25, 0.3) is 0 Å². The summed E-state index contributed by atoms with van der Waals surface area (Å²) in [6.45, 7) is 3.95. The van der Waals surface area contributed by atoms with Crippen molar-refractivity contribution in [2.75, 3.05) is 32.7 Å². The Morgan fingerprint density at radius 1 is 1.26 bits per heavy atom. The van der Waals surface area contributed by atoms with Gasteiger partial charge in [0.1, 0.15) is 12.6 Å². The molecule has 19 heavy (non-hydrogen) atoms. The molecule has 2 fully saturated rings. The van der Waals surface area contributed by atoms with E-state index in [9.17, 15) is 9.59 Å². The number of aromatic nitrogens is 1. The molecule has 2 amide bonds. The van der Waals surface area contributed by atoms with Gasteiger partial charge >= 0.3 is 0 Å². The minimum absolute atomic E-state index is 0.0460. The molecule has 6 heteroatoms. The molecular formula is C13H18N4O2. The lowest BCUT2D eigenvalue weighted by Crippen LogP contribution is -2.64. The first-order chi connectivity index (χ1) is 9.24. The van der Waals surface area contributed by atoms with E-state index < -0.39 is 0 Å². The van der Waals surface area contributed by atoms with E-state index >= 15 is 0 Å². The number of nitrogens with zero attached hydrogens (tertiary/aromatic N) is 3. The van der Waals surface area contributed by atoms with E-state index in [1.54, 1.807) is 4.90 Å². The summed E-state index contributed by atoms with van der Waals surface area (Å²) < 4.78 is 1.86. The molecule has 0 saturated carbocycles. The van der Waals surface area contributed by atoms with Crippen LogP contribution in [0.15, 0.2) is 24.5 Å². The van der Waals surface area contributed by atoms with Crippen molar-refractivity contribution in [3.8, 4) is 0 Å². The normalized spacial score (nSPS) is 23.9. The van der Waals surface area contributed by atoms with Crippen LogP contribution in [0.5, 0.6) is 0 Å². The Kier molecular flexibility index (Phi) is 3.25. The molecule has 6 nitrogen and oxygen atoms in total. The summed E-state index contributed by atoms with van der Waals surface area (Å²) in [5.41, 5.74) is 0. The van der Waals surface area contributed by atoms with Gasteiger partial charge in [0.2, 0.25) is 11.8 Å². The molecule has 0 radical (unpaired) electrons. The molecule has 3 heterocycles. The van der Waals surface area contributed by atoms with Crippen molar-refractivity contribution in [1.29, 1.82) is 0 Å². The van der Waals surface area contributed by atoms with E-state index in [4.69, 9.17) is 0 Å². The average Bonchev–Trinajstić information content (AvgIpc) is 2.92. The van der Waals surface area contributed by atoms with E-state index in [-0.39, 0.29) is 17.9 Å². The molecule has 1 aromatic heterocycles. The number of carbonyl (C=O) groups is 2. The number of fused-ring (bicyclic) bond motifs is 1. The fourth-order valence-electron chi connectivity index (χ4n) is 2.74. The first kappa shape index (κ1) is 12.2. The van der Waals surface area contributed by atoms with Gasteiger partial charge in [-0.05, 0) is 12.1 Å². The molecular weight excluding hydrogens is 244 g/mol. The summed E-state index contributed by atoms with van der Waals surface area (Å²) in [5.74, 6) is 0.124. The van der Waals surface area contributed by atoms with Crippen LogP contribution in [0.3, 0.4) is 0 Å². The van der Waals surface area contributed by atoms with Crippen molar-refractivity contribution in [3.05, 3.63) is 24.5 Å². The first-order valence-corrected chi connectivity index (χ1v) is 6.64.